The summed E-state index contributed by atoms with van der Waals surface area (Å²) in [6, 6.07) is 21.4. The number of piperidine rings is 1. The second kappa shape index (κ2) is 13.4. The smallest absolute Gasteiger partial charge is 0.326 e. The van der Waals surface area contributed by atoms with Gasteiger partial charge < -0.3 is 20.6 Å². The third-order valence-electron chi connectivity index (χ3n) is 7.06. The minimum Gasteiger partial charge on any atom is -0.480 e. The topological polar surface area (TPSA) is 81.7 Å². The standard InChI is InChI=1S/C31H37N3O3S/c1-22-8-4-5-9-26(22)28-20-23(10-15-27(28)30(35)33-29(31(36)37)16-19-38-2)21-32-24-11-13-25(14-12-24)34-17-6-3-7-18-34/h4-5,8-15,20,29,32H,3,6-7,16-19,21H2,1-2H3,(H,33,35)(H,36,37)/t29-/m0/s1. The van der Waals surface area contributed by atoms with E-state index in [4.69, 9.17) is 0 Å². The Labute approximate surface area is 229 Å². The van der Waals surface area contributed by atoms with Gasteiger partial charge in [0.2, 0.25) is 0 Å². The van der Waals surface area contributed by atoms with Crippen molar-refractivity contribution in [2.45, 2.75) is 45.2 Å². The van der Waals surface area contributed by atoms with Gasteiger partial charge in [-0.25, -0.2) is 4.79 Å². The van der Waals surface area contributed by atoms with Crippen molar-refractivity contribution in [1.29, 1.82) is 0 Å². The van der Waals surface area contributed by atoms with E-state index >= 15 is 0 Å². The third kappa shape index (κ3) is 7.10. The Kier molecular flexibility index (Phi) is 9.71. The molecule has 200 valence electrons. The van der Waals surface area contributed by atoms with Crippen molar-refractivity contribution in [3.05, 3.63) is 83.4 Å². The van der Waals surface area contributed by atoms with Gasteiger partial charge in [0.1, 0.15) is 6.04 Å². The van der Waals surface area contributed by atoms with Gasteiger partial charge in [-0.3, -0.25) is 4.79 Å². The number of anilines is 2. The molecule has 0 radical (unpaired) electrons. The number of carboxylic acid groups (broad SMARTS) is 1. The fourth-order valence-electron chi connectivity index (χ4n) is 4.87. The van der Waals surface area contributed by atoms with Gasteiger partial charge in [0, 0.05) is 36.6 Å². The van der Waals surface area contributed by atoms with Gasteiger partial charge in [-0.1, -0.05) is 30.3 Å². The molecule has 3 N–H and O–H groups in total. The highest BCUT2D eigenvalue weighted by Crippen LogP contribution is 2.29. The Hall–Kier alpha value is -3.45. The van der Waals surface area contributed by atoms with Crippen LogP contribution in [-0.4, -0.2) is 48.1 Å². The van der Waals surface area contributed by atoms with Gasteiger partial charge in [-0.15, -0.1) is 0 Å². The zero-order chi connectivity index (χ0) is 26.9. The highest BCUT2D eigenvalue weighted by atomic mass is 32.2. The van der Waals surface area contributed by atoms with Crippen molar-refractivity contribution in [2.75, 3.05) is 35.3 Å². The highest BCUT2D eigenvalue weighted by molar-refractivity contribution is 7.98. The molecule has 3 aromatic carbocycles. The summed E-state index contributed by atoms with van der Waals surface area (Å²) in [6.07, 6.45) is 6.13. The van der Waals surface area contributed by atoms with E-state index in [2.05, 4.69) is 39.8 Å². The lowest BCUT2D eigenvalue weighted by atomic mass is 9.93. The lowest BCUT2D eigenvalue weighted by Crippen LogP contribution is -2.41. The van der Waals surface area contributed by atoms with Crippen molar-refractivity contribution in [1.82, 2.24) is 5.32 Å². The Morgan fingerprint density at radius 2 is 1.71 bits per heavy atom. The Morgan fingerprint density at radius 3 is 2.39 bits per heavy atom. The monoisotopic (exact) mass is 531 g/mol. The molecule has 1 amide bonds. The average Bonchev–Trinajstić information content (AvgIpc) is 2.95. The molecule has 6 nitrogen and oxygen atoms in total. The number of hydrogen-bond donors (Lipinski definition) is 3. The molecular weight excluding hydrogens is 494 g/mol. The van der Waals surface area contributed by atoms with Crippen molar-refractivity contribution < 1.29 is 14.7 Å². The third-order valence-corrected chi connectivity index (χ3v) is 7.71. The first kappa shape index (κ1) is 27.6. The number of nitrogens with zero attached hydrogens (tertiary/aromatic N) is 1. The van der Waals surface area contributed by atoms with Crippen LogP contribution in [0.15, 0.2) is 66.7 Å². The number of carbonyl (C=O) groups excluding carboxylic acids is 1. The number of aliphatic carboxylic acids is 1. The summed E-state index contributed by atoms with van der Waals surface area (Å²) in [7, 11) is 0. The van der Waals surface area contributed by atoms with E-state index in [1.165, 1.54) is 24.9 Å². The van der Waals surface area contributed by atoms with Crippen LogP contribution in [0, 0.1) is 6.92 Å². The van der Waals surface area contributed by atoms with Crippen LogP contribution >= 0.6 is 11.8 Å². The molecule has 4 rings (SSSR count). The molecule has 3 aromatic rings. The average molecular weight is 532 g/mol. The molecule has 1 atom stereocenters. The van der Waals surface area contributed by atoms with Gasteiger partial charge in [-0.2, -0.15) is 11.8 Å². The molecule has 0 bridgehead atoms. The van der Waals surface area contributed by atoms with E-state index in [0.29, 0.717) is 24.3 Å². The number of amides is 1. The van der Waals surface area contributed by atoms with E-state index in [9.17, 15) is 14.7 Å². The summed E-state index contributed by atoms with van der Waals surface area (Å²) in [5.74, 6) is -0.729. The summed E-state index contributed by atoms with van der Waals surface area (Å²) in [4.78, 5) is 27.5. The molecule has 0 aromatic heterocycles. The number of aryl methyl sites for hydroxylation is 1. The second-order valence-corrected chi connectivity index (χ2v) is 10.8. The Morgan fingerprint density at radius 1 is 0.974 bits per heavy atom. The first-order chi connectivity index (χ1) is 18.5. The van der Waals surface area contributed by atoms with Crippen LogP contribution in [0.2, 0.25) is 0 Å². The van der Waals surface area contributed by atoms with Crippen molar-refractivity contribution in [3.8, 4) is 11.1 Å². The van der Waals surface area contributed by atoms with E-state index in [1.807, 2.05) is 49.6 Å². The van der Waals surface area contributed by atoms with Crippen molar-refractivity contribution in [2.24, 2.45) is 0 Å². The minimum atomic E-state index is -1.02. The molecule has 1 fully saturated rings. The maximum absolute atomic E-state index is 13.3. The van der Waals surface area contributed by atoms with Gasteiger partial charge in [0.05, 0.1) is 0 Å². The molecule has 1 heterocycles. The Balaban J connectivity index is 1.53. The number of carbonyl (C=O) groups is 2. The predicted molar refractivity (Wildman–Crippen MR) is 158 cm³/mol. The first-order valence-electron chi connectivity index (χ1n) is 13.3. The molecular formula is C31H37N3O3S. The number of hydrogen-bond acceptors (Lipinski definition) is 5. The molecule has 1 saturated heterocycles. The summed E-state index contributed by atoms with van der Waals surface area (Å²) < 4.78 is 0. The summed E-state index contributed by atoms with van der Waals surface area (Å²) in [5, 5.41) is 15.8. The fourth-order valence-corrected chi connectivity index (χ4v) is 5.34. The number of thioether (sulfide) groups is 1. The maximum atomic E-state index is 13.3. The zero-order valence-corrected chi connectivity index (χ0v) is 23.0. The molecule has 1 aliphatic heterocycles. The lowest BCUT2D eigenvalue weighted by molar-refractivity contribution is -0.139. The normalized spacial score (nSPS) is 14.1. The maximum Gasteiger partial charge on any atom is 0.326 e. The molecule has 38 heavy (non-hydrogen) atoms. The number of benzene rings is 3. The van der Waals surface area contributed by atoms with Gasteiger partial charge in [0.25, 0.3) is 5.91 Å². The van der Waals surface area contributed by atoms with Crippen LogP contribution in [-0.2, 0) is 11.3 Å². The molecule has 1 aliphatic rings. The van der Waals surface area contributed by atoms with Crippen LogP contribution in [0.3, 0.4) is 0 Å². The van der Waals surface area contributed by atoms with E-state index in [1.54, 1.807) is 17.8 Å². The van der Waals surface area contributed by atoms with Gasteiger partial charge in [-0.05, 0) is 103 Å². The number of nitrogens with one attached hydrogen (secondary N) is 2. The van der Waals surface area contributed by atoms with Crippen LogP contribution < -0.4 is 15.5 Å². The van der Waals surface area contributed by atoms with Gasteiger partial charge in [0.15, 0.2) is 0 Å². The van der Waals surface area contributed by atoms with E-state index in [0.717, 1.165) is 41.0 Å². The van der Waals surface area contributed by atoms with Crippen molar-refractivity contribution in [3.63, 3.8) is 0 Å². The SMILES string of the molecule is CSCC[C@H](NC(=O)c1ccc(CNc2ccc(N3CCCCC3)cc2)cc1-c1ccccc1C)C(=O)O. The van der Waals surface area contributed by atoms with Crippen LogP contribution in [0.1, 0.15) is 47.2 Å². The minimum absolute atomic E-state index is 0.371. The van der Waals surface area contributed by atoms with Crippen LogP contribution in [0.25, 0.3) is 11.1 Å². The molecule has 0 aliphatic carbocycles. The van der Waals surface area contributed by atoms with E-state index in [-0.39, 0.29) is 5.91 Å². The summed E-state index contributed by atoms with van der Waals surface area (Å²) >= 11 is 1.56. The number of rotatable bonds is 11. The van der Waals surface area contributed by atoms with Crippen molar-refractivity contribution >= 4 is 35.0 Å². The zero-order valence-electron chi connectivity index (χ0n) is 22.2. The molecule has 0 saturated carbocycles. The second-order valence-electron chi connectivity index (χ2n) is 9.79. The molecule has 7 heteroatoms. The first-order valence-corrected chi connectivity index (χ1v) is 14.7. The Bertz CT molecular complexity index is 1240. The predicted octanol–water partition coefficient (Wildman–Crippen LogP) is 6.20. The fraction of sp³-hybridized carbons (Fsp3) is 0.355. The number of carboxylic acids is 1. The quantitative estimate of drug-likeness (QED) is 0.273. The lowest BCUT2D eigenvalue weighted by Gasteiger charge is -2.28. The highest BCUT2D eigenvalue weighted by Gasteiger charge is 2.22. The molecule has 0 spiro atoms. The van der Waals surface area contributed by atoms with E-state index < -0.39 is 12.0 Å². The summed E-state index contributed by atoms with van der Waals surface area (Å²) in [6.45, 7) is 4.87. The summed E-state index contributed by atoms with van der Waals surface area (Å²) in [5.41, 5.74) is 6.64. The van der Waals surface area contributed by atoms with Gasteiger partial charge >= 0.3 is 5.97 Å². The van der Waals surface area contributed by atoms with Crippen LogP contribution in [0.5, 0.6) is 0 Å². The molecule has 0 unspecified atom stereocenters. The largest absolute Gasteiger partial charge is 0.480 e. The van der Waals surface area contributed by atoms with Crippen LogP contribution in [0.4, 0.5) is 11.4 Å².